The Morgan fingerprint density at radius 2 is 1.85 bits per heavy atom. The number of rotatable bonds is 5. The summed E-state index contributed by atoms with van der Waals surface area (Å²) in [6.45, 7) is 0.233. The number of aliphatic hydroxyl groups is 1. The van der Waals surface area contributed by atoms with Crippen molar-refractivity contribution in [3.63, 3.8) is 0 Å². The predicted molar refractivity (Wildman–Crippen MR) is 51.0 cm³/mol. The smallest absolute Gasteiger partial charge is 0.126 e. The van der Waals surface area contributed by atoms with Gasteiger partial charge in [-0.1, -0.05) is 24.6 Å². The van der Waals surface area contributed by atoms with E-state index in [4.69, 9.17) is 5.11 Å². The molecule has 1 aromatic carbocycles. The van der Waals surface area contributed by atoms with Gasteiger partial charge in [0.2, 0.25) is 0 Å². The Labute approximate surface area is 78.2 Å². The summed E-state index contributed by atoms with van der Waals surface area (Å²) in [6.07, 6.45) is 3.49. The number of hydrogen-bond donors (Lipinski definition) is 1. The van der Waals surface area contributed by atoms with Gasteiger partial charge in [0.15, 0.2) is 0 Å². The molecule has 13 heavy (non-hydrogen) atoms. The van der Waals surface area contributed by atoms with Gasteiger partial charge in [0.25, 0.3) is 0 Å². The van der Waals surface area contributed by atoms with Gasteiger partial charge in [-0.3, -0.25) is 0 Å². The van der Waals surface area contributed by atoms with Crippen molar-refractivity contribution in [2.75, 3.05) is 6.61 Å². The zero-order valence-electron chi connectivity index (χ0n) is 7.67. The highest BCUT2D eigenvalue weighted by Crippen LogP contribution is 2.10. The van der Waals surface area contributed by atoms with Crippen LogP contribution in [0.1, 0.15) is 24.8 Å². The summed E-state index contributed by atoms with van der Waals surface area (Å²) >= 11 is 0. The van der Waals surface area contributed by atoms with E-state index in [9.17, 15) is 4.39 Å². The average Bonchev–Trinajstić information content (AvgIpc) is 2.15. The highest BCUT2D eigenvalue weighted by molar-refractivity contribution is 5.17. The van der Waals surface area contributed by atoms with Crippen molar-refractivity contribution in [3.05, 3.63) is 35.6 Å². The van der Waals surface area contributed by atoms with E-state index in [1.54, 1.807) is 6.07 Å². The Hall–Kier alpha value is -0.890. The first kappa shape index (κ1) is 10.2. The van der Waals surface area contributed by atoms with Gasteiger partial charge in [-0.2, -0.15) is 0 Å². The number of aliphatic hydroxyl groups excluding tert-OH is 1. The minimum atomic E-state index is -0.119. The maximum atomic E-state index is 13.0. The molecule has 0 amide bonds. The van der Waals surface area contributed by atoms with E-state index in [2.05, 4.69) is 0 Å². The maximum absolute atomic E-state index is 13.0. The number of aryl methyl sites for hydroxylation is 1. The third kappa shape index (κ3) is 3.55. The van der Waals surface area contributed by atoms with E-state index in [1.807, 2.05) is 12.1 Å². The Morgan fingerprint density at radius 3 is 2.54 bits per heavy atom. The van der Waals surface area contributed by atoms with Crippen molar-refractivity contribution in [2.24, 2.45) is 0 Å². The Kier molecular flexibility index (Phi) is 4.47. The van der Waals surface area contributed by atoms with Crippen LogP contribution < -0.4 is 0 Å². The monoisotopic (exact) mass is 182 g/mol. The van der Waals surface area contributed by atoms with Crippen LogP contribution in [-0.4, -0.2) is 11.7 Å². The second-order valence-corrected chi connectivity index (χ2v) is 3.13. The first-order valence-electron chi connectivity index (χ1n) is 4.69. The van der Waals surface area contributed by atoms with Crippen LogP contribution in [0.15, 0.2) is 24.3 Å². The maximum Gasteiger partial charge on any atom is 0.126 e. The summed E-state index contributed by atoms with van der Waals surface area (Å²) in [7, 11) is 0. The largest absolute Gasteiger partial charge is 0.396 e. The molecule has 2 heteroatoms. The first-order chi connectivity index (χ1) is 6.34. The van der Waals surface area contributed by atoms with Crippen molar-refractivity contribution in [1.29, 1.82) is 0 Å². The Morgan fingerprint density at radius 1 is 1.08 bits per heavy atom. The number of halogens is 1. The van der Waals surface area contributed by atoms with Gasteiger partial charge in [0, 0.05) is 6.61 Å². The minimum absolute atomic E-state index is 0.119. The summed E-state index contributed by atoms with van der Waals surface area (Å²) in [5.74, 6) is -0.119. The number of benzene rings is 1. The zero-order chi connectivity index (χ0) is 9.52. The fourth-order valence-corrected chi connectivity index (χ4v) is 1.31. The van der Waals surface area contributed by atoms with E-state index in [0.29, 0.717) is 0 Å². The molecule has 0 heterocycles. The van der Waals surface area contributed by atoms with Gasteiger partial charge in [0.1, 0.15) is 5.82 Å². The van der Waals surface area contributed by atoms with Crippen LogP contribution in [0.3, 0.4) is 0 Å². The molecule has 1 N–H and O–H groups in total. The van der Waals surface area contributed by atoms with E-state index >= 15 is 0 Å². The fourth-order valence-electron chi connectivity index (χ4n) is 1.31. The van der Waals surface area contributed by atoms with Crippen molar-refractivity contribution >= 4 is 0 Å². The summed E-state index contributed by atoms with van der Waals surface area (Å²) in [5, 5.41) is 8.54. The normalized spacial score (nSPS) is 10.3. The Bertz CT molecular complexity index is 248. The summed E-state index contributed by atoms with van der Waals surface area (Å²) in [6, 6.07) is 6.85. The molecule has 0 aliphatic rings. The first-order valence-corrected chi connectivity index (χ1v) is 4.69. The van der Waals surface area contributed by atoms with Gasteiger partial charge in [0.05, 0.1) is 0 Å². The molecule has 0 radical (unpaired) electrons. The molecule has 0 saturated heterocycles. The van der Waals surface area contributed by atoms with E-state index in [0.717, 1.165) is 31.2 Å². The van der Waals surface area contributed by atoms with Crippen LogP contribution in [0.25, 0.3) is 0 Å². The third-order valence-electron chi connectivity index (χ3n) is 2.06. The Balaban J connectivity index is 2.32. The quantitative estimate of drug-likeness (QED) is 0.694. The third-order valence-corrected chi connectivity index (χ3v) is 2.06. The van der Waals surface area contributed by atoms with Gasteiger partial charge in [-0.05, 0) is 30.9 Å². The highest BCUT2D eigenvalue weighted by atomic mass is 19.1. The SMILES string of the molecule is OCCCCCc1ccccc1F. The van der Waals surface area contributed by atoms with E-state index in [-0.39, 0.29) is 12.4 Å². The lowest BCUT2D eigenvalue weighted by Gasteiger charge is -2.01. The lowest BCUT2D eigenvalue weighted by Crippen LogP contribution is -1.91. The van der Waals surface area contributed by atoms with E-state index < -0.39 is 0 Å². The number of hydrogen-bond acceptors (Lipinski definition) is 1. The van der Waals surface area contributed by atoms with Crippen LogP contribution in [-0.2, 0) is 6.42 Å². The van der Waals surface area contributed by atoms with Gasteiger partial charge < -0.3 is 5.11 Å². The van der Waals surface area contributed by atoms with E-state index in [1.165, 1.54) is 6.07 Å². The molecule has 1 aromatic rings. The molecule has 0 spiro atoms. The molecule has 0 aliphatic carbocycles. The molecule has 0 aliphatic heterocycles. The van der Waals surface area contributed by atoms with Crippen LogP contribution in [0.2, 0.25) is 0 Å². The second kappa shape index (κ2) is 5.70. The molecule has 1 nitrogen and oxygen atoms in total. The lowest BCUT2D eigenvalue weighted by atomic mass is 10.1. The summed E-state index contributed by atoms with van der Waals surface area (Å²) in [5.41, 5.74) is 0.778. The lowest BCUT2D eigenvalue weighted by molar-refractivity contribution is 0.283. The van der Waals surface area contributed by atoms with Crippen molar-refractivity contribution in [1.82, 2.24) is 0 Å². The zero-order valence-corrected chi connectivity index (χ0v) is 7.67. The molecule has 0 aromatic heterocycles. The molecule has 0 unspecified atom stereocenters. The fraction of sp³-hybridized carbons (Fsp3) is 0.455. The molecule has 0 saturated carbocycles. The second-order valence-electron chi connectivity index (χ2n) is 3.13. The standard InChI is InChI=1S/C11H15FO/c12-11-8-4-3-7-10(11)6-2-1-5-9-13/h3-4,7-8,13H,1-2,5-6,9H2. The van der Waals surface area contributed by atoms with Crippen LogP contribution in [0, 0.1) is 5.82 Å². The van der Waals surface area contributed by atoms with Crippen LogP contribution in [0.5, 0.6) is 0 Å². The summed E-state index contributed by atoms with van der Waals surface area (Å²) < 4.78 is 13.0. The molecule has 0 atom stereocenters. The van der Waals surface area contributed by atoms with Crippen molar-refractivity contribution < 1.29 is 9.50 Å². The minimum Gasteiger partial charge on any atom is -0.396 e. The van der Waals surface area contributed by atoms with Crippen molar-refractivity contribution in [3.8, 4) is 0 Å². The van der Waals surface area contributed by atoms with Gasteiger partial charge >= 0.3 is 0 Å². The predicted octanol–water partition coefficient (Wildman–Crippen LogP) is 2.53. The molecular weight excluding hydrogens is 167 g/mol. The van der Waals surface area contributed by atoms with Gasteiger partial charge in [-0.15, -0.1) is 0 Å². The average molecular weight is 182 g/mol. The summed E-state index contributed by atoms with van der Waals surface area (Å²) in [4.78, 5) is 0. The van der Waals surface area contributed by atoms with Gasteiger partial charge in [-0.25, -0.2) is 4.39 Å². The van der Waals surface area contributed by atoms with Crippen LogP contribution >= 0.6 is 0 Å². The number of unbranched alkanes of at least 4 members (excludes halogenated alkanes) is 2. The molecule has 0 bridgehead atoms. The highest BCUT2D eigenvalue weighted by Gasteiger charge is 1.99. The molecule has 0 fully saturated rings. The molecule has 72 valence electrons. The molecule has 1 rings (SSSR count). The van der Waals surface area contributed by atoms with Crippen molar-refractivity contribution in [2.45, 2.75) is 25.7 Å². The van der Waals surface area contributed by atoms with Crippen LogP contribution in [0.4, 0.5) is 4.39 Å². The molecular formula is C11H15FO. The topological polar surface area (TPSA) is 20.2 Å².